The van der Waals surface area contributed by atoms with Crippen molar-refractivity contribution < 1.29 is 4.79 Å². The van der Waals surface area contributed by atoms with Gasteiger partial charge in [0.25, 0.3) is 0 Å². The molecule has 0 aromatic carbocycles. The lowest BCUT2D eigenvalue weighted by Crippen LogP contribution is -2.50. The quantitative estimate of drug-likeness (QED) is 0.773. The van der Waals surface area contributed by atoms with E-state index in [1.807, 2.05) is 4.90 Å². The molecular formula is C12H25N3O. The zero-order valence-corrected chi connectivity index (χ0v) is 11.0. The molecule has 16 heavy (non-hydrogen) atoms. The average Bonchev–Trinajstić information content (AvgIpc) is 2.16. The van der Waals surface area contributed by atoms with Crippen molar-refractivity contribution in [2.45, 2.75) is 27.2 Å². The van der Waals surface area contributed by atoms with Crippen molar-refractivity contribution in [2.24, 2.45) is 5.41 Å². The maximum absolute atomic E-state index is 11.8. The predicted molar refractivity (Wildman–Crippen MR) is 66.5 cm³/mol. The second kappa shape index (κ2) is 5.53. The van der Waals surface area contributed by atoms with Crippen LogP contribution in [-0.2, 0) is 0 Å². The van der Waals surface area contributed by atoms with Crippen LogP contribution in [0.3, 0.4) is 0 Å². The summed E-state index contributed by atoms with van der Waals surface area (Å²) < 4.78 is 0. The smallest absolute Gasteiger partial charge is 0.317 e. The number of likely N-dealkylation sites (N-methyl/N-ethyl adjacent to an activating group) is 1. The van der Waals surface area contributed by atoms with Crippen molar-refractivity contribution in [3.8, 4) is 0 Å². The summed E-state index contributed by atoms with van der Waals surface area (Å²) in [7, 11) is 2.09. The Morgan fingerprint density at radius 3 is 2.25 bits per heavy atom. The molecule has 0 spiro atoms. The Morgan fingerprint density at radius 2 is 1.75 bits per heavy atom. The van der Waals surface area contributed by atoms with E-state index in [4.69, 9.17) is 0 Å². The van der Waals surface area contributed by atoms with Crippen LogP contribution in [0.4, 0.5) is 4.79 Å². The zero-order chi connectivity index (χ0) is 12.2. The highest BCUT2D eigenvalue weighted by atomic mass is 16.2. The van der Waals surface area contributed by atoms with E-state index >= 15 is 0 Å². The van der Waals surface area contributed by atoms with Crippen LogP contribution >= 0.6 is 0 Å². The second-order valence-corrected chi connectivity index (χ2v) is 5.83. The molecule has 94 valence electrons. The molecule has 0 aliphatic carbocycles. The van der Waals surface area contributed by atoms with Crippen LogP contribution in [0.15, 0.2) is 0 Å². The number of amides is 2. The van der Waals surface area contributed by atoms with Crippen LogP contribution < -0.4 is 5.32 Å². The number of urea groups is 1. The van der Waals surface area contributed by atoms with Gasteiger partial charge in [-0.3, -0.25) is 0 Å². The highest BCUT2D eigenvalue weighted by Gasteiger charge is 2.19. The monoisotopic (exact) mass is 227 g/mol. The lowest BCUT2D eigenvalue weighted by molar-refractivity contribution is 0.153. The Bertz CT molecular complexity index is 227. The highest BCUT2D eigenvalue weighted by Crippen LogP contribution is 2.16. The molecule has 2 amide bonds. The van der Waals surface area contributed by atoms with Gasteiger partial charge in [-0.05, 0) is 18.9 Å². The molecule has 4 heteroatoms. The molecule has 0 aromatic heterocycles. The molecule has 0 unspecified atom stereocenters. The minimum atomic E-state index is 0.0948. The number of rotatable bonds is 2. The first kappa shape index (κ1) is 13.3. The van der Waals surface area contributed by atoms with Gasteiger partial charge in [0.15, 0.2) is 0 Å². The minimum absolute atomic E-state index is 0.0948. The Balaban J connectivity index is 2.20. The van der Waals surface area contributed by atoms with E-state index < -0.39 is 0 Å². The van der Waals surface area contributed by atoms with Crippen molar-refractivity contribution in [3.05, 3.63) is 0 Å². The van der Waals surface area contributed by atoms with Gasteiger partial charge in [0.05, 0.1) is 0 Å². The summed E-state index contributed by atoms with van der Waals surface area (Å²) in [5.41, 5.74) is 0.287. The fourth-order valence-electron chi connectivity index (χ4n) is 1.67. The third kappa shape index (κ3) is 4.84. The maximum atomic E-state index is 11.8. The molecule has 1 fully saturated rings. The minimum Gasteiger partial charge on any atom is -0.338 e. The Morgan fingerprint density at radius 1 is 1.19 bits per heavy atom. The van der Waals surface area contributed by atoms with Gasteiger partial charge < -0.3 is 15.1 Å². The van der Waals surface area contributed by atoms with E-state index in [1.54, 1.807) is 0 Å². The van der Waals surface area contributed by atoms with Crippen LogP contribution in [0.2, 0.25) is 0 Å². The molecule has 0 radical (unpaired) electrons. The van der Waals surface area contributed by atoms with Crippen LogP contribution in [0, 0.1) is 5.41 Å². The molecule has 4 nitrogen and oxygen atoms in total. The molecule has 1 N–H and O–H groups in total. The molecular weight excluding hydrogens is 202 g/mol. The molecule has 1 saturated heterocycles. The maximum Gasteiger partial charge on any atom is 0.317 e. The predicted octanol–water partition coefficient (Wildman–Crippen LogP) is 1.38. The van der Waals surface area contributed by atoms with Crippen molar-refractivity contribution in [1.82, 2.24) is 15.1 Å². The molecule has 0 atom stereocenters. The van der Waals surface area contributed by atoms with E-state index in [1.165, 1.54) is 0 Å². The van der Waals surface area contributed by atoms with Crippen LogP contribution in [0.25, 0.3) is 0 Å². The number of hydrogen-bond acceptors (Lipinski definition) is 2. The normalized spacial score (nSPS) is 18.6. The van der Waals surface area contributed by atoms with E-state index in [2.05, 4.69) is 38.0 Å². The molecule has 1 heterocycles. The molecule has 0 aromatic rings. The van der Waals surface area contributed by atoms with Crippen molar-refractivity contribution in [1.29, 1.82) is 0 Å². The Labute approximate surface area is 99.0 Å². The fourth-order valence-corrected chi connectivity index (χ4v) is 1.67. The third-order valence-electron chi connectivity index (χ3n) is 2.94. The Kier molecular flexibility index (Phi) is 4.59. The number of carbonyl (C=O) groups excluding carboxylic acids is 1. The Hall–Kier alpha value is -0.770. The van der Waals surface area contributed by atoms with Crippen LogP contribution in [0.1, 0.15) is 27.2 Å². The van der Waals surface area contributed by atoms with Crippen molar-refractivity contribution in [2.75, 3.05) is 39.8 Å². The van der Waals surface area contributed by atoms with Gasteiger partial charge in [0, 0.05) is 32.7 Å². The van der Waals surface area contributed by atoms with Gasteiger partial charge >= 0.3 is 6.03 Å². The van der Waals surface area contributed by atoms with E-state index in [9.17, 15) is 4.79 Å². The summed E-state index contributed by atoms with van der Waals surface area (Å²) in [6, 6.07) is 0.0948. The van der Waals surface area contributed by atoms with Crippen molar-refractivity contribution in [3.63, 3.8) is 0 Å². The summed E-state index contributed by atoms with van der Waals surface area (Å²) in [5, 5.41) is 2.99. The topological polar surface area (TPSA) is 35.6 Å². The first-order valence-corrected chi connectivity index (χ1v) is 6.10. The zero-order valence-electron chi connectivity index (χ0n) is 11.0. The highest BCUT2D eigenvalue weighted by molar-refractivity contribution is 5.74. The van der Waals surface area contributed by atoms with Gasteiger partial charge in [-0.15, -0.1) is 0 Å². The molecule has 1 rings (SSSR count). The lowest BCUT2D eigenvalue weighted by Gasteiger charge is -2.32. The summed E-state index contributed by atoms with van der Waals surface area (Å²) >= 11 is 0. The summed E-state index contributed by atoms with van der Waals surface area (Å²) in [6.07, 6.45) is 1.02. The molecule has 0 saturated carbocycles. The average molecular weight is 227 g/mol. The number of nitrogens with zero attached hydrogens (tertiary/aromatic N) is 2. The summed E-state index contributed by atoms with van der Waals surface area (Å²) in [6.45, 7) is 11.0. The first-order chi connectivity index (χ1) is 7.38. The molecule has 0 bridgehead atoms. The number of carbonyl (C=O) groups is 1. The van der Waals surface area contributed by atoms with Crippen LogP contribution in [0.5, 0.6) is 0 Å². The molecule has 1 aliphatic rings. The van der Waals surface area contributed by atoms with E-state index in [0.29, 0.717) is 0 Å². The molecule has 1 aliphatic heterocycles. The summed E-state index contributed by atoms with van der Waals surface area (Å²) in [4.78, 5) is 15.9. The van der Waals surface area contributed by atoms with Crippen molar-refractivity contribution >= 4 is 6.03 Å². The van der Waals surface area contributed by atoms with Gasteiger partial charge in [0.1, 0.15) is 0 Å². The van der Waals surface area contributed by atoms with Gasteiger partial charge in [0.2, 0.25) is 0 Å². The van der Waals surface area contributed by atoms with Crippen LogP contribution in [-0.4, -0.2) is 55.6 Å². The summed E-state index contributed by atoms with van der Waals surface area (Å²) in [5.74, 6) is 0. The second-order valence-electron chi connectivity index (χ2n) is 5.83. The van der Waals surface area contributed by atoms with Gasteiger partial charge in [-0.1, -0.05) is 20.8 Å². The fraction of sp³-hybridized carbons (Fsp3) is 0.917. The number of hydrogen-bond donors (Lipinski definition) is 1. The first-order valence-electron chi connectivity index (χ1n) is 6.10. The standard InChI is InChI=1S/C12H25N3O/c1-12(2,3)5-6-13-11(16)15-9-7-14(4)8-10-15/h5-10H2,1-4H3,(H,13,16). The largest absolute Gasteiger partial charge is 0.338 e. The SMILES string of the molecule is CN1CCN(C(=O)NCCC(C)(C)C)CC1. The lowest BCUT2D eigenvalue weighted by atomic mass is 9.92. The van der Waals surface area contributed by atoms with Gasteiger partial charge in [-0.2, -0.15) is 0 Å². The van der Waals surface area contributed by atoms with E-state index in [0.717, 1.165) is 39.1 Å². The van der Waals surface area contributed by atoms with E-state index in [-0.39, 0.29) is 11.4 Å². The third-order valence-corrected chi connectivity index (χ3v) is 2.94. The number of nitrogens with one attached hydrogen (secondary N) is 1. The van der Waals surface area contributed by atoms with Gasteiger partial charge in [-0.25, -0.2) is 4.79 Å². The number of piperazine rings is 1.